The summed E-state index contributed by atoms with van der Waals surface area (Å²) in [6.07, 6.45) is 4.73. The Hall–Kier alpha value is -4.66. The Morgan fingerprint density at radius 3 is 2.73 bits per heavy atom. The fourth-order valence-corrected chi connectivity index (χ4v) is 5.39. The molecule has 4 aromatic heterocycles. The first-order valence-corrected chi connectivity index (χ1v) is 13.8. The van der Waals surface area contributed by atoms with Gasteiger partial charge in [-0.2, -0.15) is 5.26 Å². The number of aromatic nitrogens is 6. The fraction of sp³-hybridized carbons (Fsp3) is 0.448. The minimum atomic E-state index is -0.525. The molecule has 2 aliphatic heterocycles. The van der Waals surface area contributed by atoms with Gasteiger partial charge in [0.05, 0.1) is 24.5 Å². The molecule has 0 spiro atoms. The zero-order valence-corrected chi connectivity index (χ0v) is 23.6. The zero-order chi connectivity index (χ0) is 28.7. The van der Waals surface area contributed by atoms with Crippen LogP contribution < -0.4 is 9.47 Å². The molecule has 2 aliphatic rings. The van der Waals surface area contributed by atoms with Crippen LogP contribution in [0.2, 0.25) is 0 Å². The van der Waals surface area contributed by atoms with Crippen molar-refractivity contribution in [1.29, 1.82) is 5.26 Å². The number of rotatable bonds is 4. The summed E-state index contributed by atoms with van der Waals surface area (Å²) in [5.74, 6) is 1.16. The van der Waals surface area contributed by atoms with Crippen molar-refractivity contribution >= 4 is 11.7 Å². The highest BCUT2D eigenvalue weighted by Gasteiger charge is 2.30. The second kappa shape index (κ2) is 10.4. The highest BCUT2D eigenvalue weighted by molar-refractivity contribution is 5.69. The molecule has 0 radical (unpaired) electrons. The third-order valence-corrected chi connectivity index (χ3v) is 7.36. The van der Waals surface area contributed by atoms with E-state index < -0.39 is 5.60 Å². The van der Waals surface area contributed by atoms with E-state index in [1.54, 1.807) is 15.5 Å². The summed E-state index contributed by atoms with van der Waals surface area (Å²) in [5.41, 5.74) is 3.53. The molecule has 1 saturated heterocycles. The van der Waals surface area contributed by atoms with E-state index in [1.807, 2.05) is 56.6 Å². The molecule has 12 nitrogen and oxygen atoms in total. The van der Waals surface area contributed by atoms with E-state index in [0.717, 1.165) is 29.8 Å². The maximum Gasteiger partial charge on any atom is 0.410 e. The average molecular weight is 557 g/mol. The number of imidazole rings is 1. The largest absolute Gasteiger partial charge is 0.491 e. The van der Waals surface area contributed by atoms with Crippen molar-refractivity contribution in [2.45, 2.75) is 64.7 Å². The number of nitriles is 1. The van der Waals surface area contributed by atoms with Gasteiger partial charge in [-0.05, 0) is 58.7 Å². The predicted molar refractivity (Wildman–Crippen MR) is 147 cm³/mol. The van der Waals surface area contributed by atoms with Crippen molar-refractivity contribution in [3.63, 3.8) is 0 Å². The molecule has 1 unspecified atom stereocenters. The van der Waals surface area contributed by atoms with E-state index in [9.17, 15) is 10.1 Å². The molecule has 12 heteroatoms. The number of likely N-dealkylation sites (tertiary alicyclic amines) is 1. The van der Waals surface area contributed by atoms with Gasteiger partial charge in [0.15, 0.2) is 0 Å². The molecule has 4 aromatic rings. The number of piperidine rings is 1. The first kappa shape index (κ1) is 26.6. The number of hydrogen-bond acceptors (Lipinski definition) is 9. The number of pyridine rings is 2. The molecule has 1 amide bonds. The maximum atomic E-state index is 12.5. The molecule has 0 aromatic carbocycles. The van der Waals surface area contributed by atoms with Gasteiger partial charge in [0.2, 0.25) is 5.88 Å². The van der Waals surface area contributed by atoms with Crippen LogP contribution in [0.25, 0.3) is 16.9 Å². The highest BCUT2D eigenvalue weighted by atomic mass is 16.6. The van der Waals surface area contributed by atoms with Gasteiger partial charge in [0.25, 0.3) is 0 Å². The van der Waals surface area contributed by atoms with E-state index in [0.29, 0.717) is 54.8 Å². The van der Waals surface area contributed by atoms with Crippen LogP contribution in [0.5, 0.6) is 11.6 Å². The van der Waals surface area contributed by atoms with Gasteiger partial charge in [-0.25, -0.2) is 14.5 Å². The van der Waals surface area contributed by atoms with E-state index in [4.69, 9.17) is 14.2 Å². The number of carbonyl (C=O) groups excluding carboxylic acids is 1. The molecule has 1 fully saturated rings. The van der Waals surface area contributed by atoms with Crippen molar-refractivity contribution in [2.75, 3.05) is 19.7 Å². The summed E-state index contributed by atoms with van der Waals surface area (Å²) in [7, 11) is 0. The van der Waals surface area contributed by atoms with E-state index in [-0.39, 0.29) is 18.2 Å². The SMILES string of the molecule is Cc1c(-c2cc(OC3CCOc4cccnc43)n3c(C#N)cnc3c2)nnn1C1CCN(C(=O)OC(C)(C)C)CC1. The number of hydrogen-bond donors (Lipinski definition) is 0. The molecule has 41 heavy (non-hydrogen) atoms. The summed E-state index contributed by atoms with van der Waals surface area (Å²) in [5, 5.41) is 18.8. The van der Waals surface area contributed by atoms with Crippen LogP contribution in [0.4, 0.5) is 4.79 Å². The Balaban J connectivity index is 1.28. The number of amides is 1. The lowest BCUT2D eigenvalue weighted by Gasteiger charge is -2.33. The maximum absolute atomic E-state index is 12.5. The molecular formula is C29H32N8O4. The summed E-state index contributed by atoms with van der Waals surface area (Å²) < 4.78 is 21.4. The number of nitrogens with zero attached hydrogens (tertiary/aromatic N) is 8. The monoisotopic (exact) mass is 556 g/mol. The van der Waals surface area contributed by atoms with E-state index in [1.165, 1.54) is 6.20 Å². The molecule has 0 bridgehead atoms. The number of ether oxygens (including phenoxy) is 3. The van der Waals surface area contributed by atoms with Crippen LogP contribution in [0.1, 0.15) is 69.3 Å². The van der Waals surface area contributed by atoms with Crippen LogP contribution >= 0.6 is 0 Å². The Bertz CT molecular complexity index is 1640. The molecule has 0 saturated carbocycles. The minimum Gasteiger partial charge on any atom is -0.491 e. The molecule has 6 heterocycles. The van der Waals surface area contributed by atoms with Gasteiger partial charge in [0, 0.05) is 37.3 Å². The van der Waals surface area contributed by atoms with Crippen LogP contribution in [0, 0.1) is 18.3 Å². The molecule has 1 atom stereocenters. The molecule has 0 aliphatic carbocycles. The Kier molecular flexibility index (Phi) is 6.73. The van der Waals surface area contributed by atoms with Gasteiger partial charge in [-0.1, -0.05) is 5.21 Å². The Morgan fingerprint density at radius 1 is 1.17 bits per heavy atom. The normalized spacial score (nSPS) is 17.5. The molecule has 6 rings (SSSR count). The first-order valence-electron chi connectivity index (χ1n) is 13.8. The van der Waals surface area contributed by atoms with Crippen LogP contribution in [0.15, 0.2) is 36.7 Å². The third-order valence-electron chi connectivity index (χ3n) is 7.36. The van der Waals surface area contributed by atoms with Gasteiger partial charge in [0.1, 0.15) is 46.3 Å². The van der Waals surface area contributed by atoms with E-state index >= 15 is 0 Å². The summed E-state index contributed by atoms with van der Waals surface area (Å²) in [6.45, 7) is 9.28. The van der Waals surface area contributed by atoms with Gasteiger partial charge < -0.3 is 19.1 Å². The van der Waals surface area contributed by atoms with E-state index in [2.05, 4.69) is 26.3 Å². The molecule has 212 valence electrons. The van der Waals surface area contributed by atoms with Crippen LogP contribution in [0.3, 0.4) is 0 Å². The zero-order valence-electron chi connectivity index (χ0n) is 23.6. The van der Waals surface area contributed by atoms with Crippen LogP contribution in [-0.2, 0) is 4.74 Å². The Labute approximate surface area is 237 Å². The summed E-state index contributed by atoms with van der Waals surface area (Å²) >= 11 is 0. The lowest BCUT2D eigenvalue weighted by Crippen LogP contribution is -2.42. The van der Waals surface area contributed by atoms with Crippen molar-refractivity contribution in [1.82, 2.24) is 34.3 Å². The fourth-order valence-electron chi connectivity index (χ4n) is 5.39. The van der Waals surface area contributed by atoms with Gasteiger partial charge in [-0.3, -0.25) is 9.38 Å². The molecule has 0 N–H and O–H groups in total. The topological polar surface area (TPSA) is 133 Å². The van der Waals surface area contributed by atoms with Crippen molar-refractivity contribution in [2.24, 2.45) is 0 Å². The smallest absolute Gasteiger partial charge is 0.410 e. The lowest BCUT2D eigenvalue weighted by molar-refractivity contribution is 0.0183. The number of fused-ring (bicyclic) bond motifs is 2. The lowest BCUT2D eigenvalue weighted by atomic mass is 10.0. The van der Waals surface area contributed by atoms with Crippen molar-refractivity contribution < 1.29 is 19.0 Å². The third kappa shape index (κ3) is 5.15. The standard InChI is InChI=1S/C29H32N8O4/c1-18-26(33-34-37(18)20-7-11-35(12-8-20)28(38)41-29(2,3)4)19-14-24-32-17-21(16-30)36(24)25(15-19)40-23-9-13-39-22-6-5-10-31-27(22)23/h5-6,10,14-15,17,20,23H,7-9,11-13H2,1-4H3. The van der Waals surface area contributed by atoms with Crippen molar-refractivity contribution in [3.8, 4) is 29.0 Å². The Morgan fingerprint density at radius 2 is 1.98 bits per heavy atom. The minimum absolute atomic E-state index is 0.107. The van der Waals surface area contributed by atoms with Crippen LogP contribution in [-0.4, -0.2) is 65.7 Å². The summed E-state index contributed by atoms with van der Waals surface area (Å²) in [4.78, 5) is 23.2. The summed E-state index contributed by atoms with van der Waals surface area (Å²) in [6, 6.07) is 9.77. The van der Waals surface area contributed by atoms with Gasteiger partial charge >= 0.3 is 6.09 Å². The van der Waals surface area contributed by atoms with Crippen molar-refractivity contribution in [3.05, 3.63) is 53.7 Å². The average Bonchev–Trinajstić information content (AvgIpc) is 3.55. The quantitative estimate of drug-likeness (QED) is 0.352. The van der Waals surface area contributed by atoms with Gasteiger partial charge in [-0.15, -0.1) is 5.10 Å². The second-order valence-electron chi connectivity index (χ2n) is 11.3. The first-order chi connectivity index (χ1) is 19.7. The second-order valence-corrected chi connectivity index (χ2v) is 11.3. The molecular weight excluding hydrogens is 524 g/mol. The highest BCUT2D eigenvalue weighted by Crippen LogP contribution is 2.36. The number of carbonyl (C=O) groups is 1. The predicted octanol–water partition coefficient (Wildman–Crippen LogP) is 4.64.